The summed E-state index contributed by atoms with van der Waals surface area (Å²) in [6.45, 7) is 5.17. The molecule has 1 N–H and O–H groups in total. The molecule has 2 atom stereocenters. The number of nitrogens with zero attached hydrogens (tertiary/aromatic N) is 1. The Labute approximate surface area is 124 Å². The number of rotatable bonds is 4. The first-order valence-electron chi connectivity index (χ1n) is 7.38. The van der Waals surface area contributed by atoms with Crippen LogP contribution in [0.15, 0.2) is 4.52 Å². The summed E-state index contributed by atoms with van der Waals surface area (Å²) in [5, 5.41) is 6.63. The number of carbonyl (C=O) groups is 2. The van der Waals surface area contributed by atoms with Crippen molar-refractivity contribution < 1.29 is 18.8 Å². The number of nitrogens with one attached hydrogen (secondary N) is 1. The molecule has 0 radical (unpaired) electrons. The maximum absolute atomic E-state index is 11.9. The minimum Gasteiger partial charge on any atom is -0.452 e. The lowest BCUT2D eigenvalue weighted by Crippen LogP contribution is -2.42. The second-order valence-electron chi connectivity index (χ2n) is 5.71. The first kappa shape index (κ1) is 15.5. The molecule has 1 aliphatic carbocycles. The fraction of sp³-hybridized carbons (Fsp3) is 0.667. The Morgan fingerprint density at radius 3 is 2.67 bits per heavy atom. The van der Waals surface area contributed by atoms with Gasteiger partial charge in [0.1, 0.15) is 11.3 Å². The van der Waals surface area contributed by atoms with Crippen molar-refractivity contribution in [3.63, 3.8) is 0 Å². The molecule has 6 heteroatoms. The molecule has 21 heavy (non-hydrogen) atoms. The summed E-state index contributed by atoms with van der Waals surface area (Å²) >= 11 is 0. The molecular weight excluding hydrogens is 272 g/mol. The van der Waals surface area contributed by atoms with E-state index in [0.717, 1.165) is 19.3 Å². The standard InChI is InChI=1S/C15H22N2O4/c1-9-6-4-5-7-12(9)16-13(18)8-20-15(19)14-10(2)17-21-11(14)3/h9,12H,4-8H2,1-3H3,(H,16,18)/t9-,12-/m1/s1. The van der Waals surface area contributed by atoms with E-state index in [4.69, 9.17) is 9.26 Å². The highest BCUT2D eigenvalue weighted by Gasteiger charge is 2.24. The van der Waals surface area contributed by atoms with Crippen LogP contribution in [-0.2, 0) is 9.53 Å². The molecule has 0 spiro atoms. The number of hydrogen-bond acceptors (Lipinski definition) is 5. The SMILES string of the molecule is Cc1noc(C)c1C(=O)OCC(=O)N[C@@H]1CCCC[C@H]1C. The van der Waals surface area contributed by atoms with Crippen molar-refractivity contribution in [2.24, 2.45) is 5.92 Å². The Hall–Kier alpha value is -1.85. The van der Waals surface area contributed by atoms with Crippen molar-refractivity contribution in [3.8, 4) is 0 Å². The van der Waals surface area contributed by atoms with Crippen LogP contribution in [0.2, 0.25) is 0 Å². The van der Waals surface area contributed by atoms with E-state index in [2.05, 4.69) is 17.4 Å². The zero-order valence-electron chi connectivity index (χ0n) is 12.8. The molecule has 1 aromatic heterocycles. The predicted octanol–water partition coefficient (Wildman–Crippen LogP) is 2.14. The van der Waals surface area contributed by atoms with E-state index in [1.54, 1.807) is 13.8 Å². The third-order valence-corrected chi connectivity index (χ3v) is 4.03. The van der Waals surface area contributed by atoms with Crippen LogP contribution in [0.5, 0.6) is 0 Å². The summed E-state index contributed by atoms with van der Waals surface area (Å²) in [7, 11) is 0. The van der Waals surface area contributed by atoms with Gasteiger partial charge in [-0.1, -0.05) is 24.9 Å². The molecule has 0 saturated heterocycles. The van der Waals surface area contributed by atoms with Crippen LogP contribution in [0, 0.1) is 19.8 Å². The minimum atomic E-state index is -0.571. The third kappa shape index (κ3) is 3.83. The zero-order valence-corrected chi connectivity index (χ0v) is 12.8. The van der Waals surface area contributed by atoms with Crippen LogP contribution < -0.4 is 5.32 Å². The predicted molar refractivity (Wildman–Crippen MR) is 75.8 cm³/mol. The van der Waals surface area contributed by atoms with Gasteiger partial charge in [-0.2, -0.15) is 0 Å². The fourth-order valence-corrected chi connectivity index (χ4v) is 2.76. The van der Waals surface area contributed by atoms with Crippen molar-refractivity contribution in [3.05, 3.63) is 17.0 Å². The molecule has 1 heterocycles. The average Bonchev–Trinajstić information content (AvgIpc) is 2.78. The Morgan fingerprint density at radius 2 is 2.05 bits per heavy atom. The zero-order chi connectivity index (χ0) is 15.4. The van der Waals surface area contributed by atoms with Gasteiger partial charge in [-0.25, -0.2) is 4.79 Å². The molecule has 1 aliphatic rings. The molecule has 0 aliphatic heterocycles. The quantitative estimate of drug-likeness (QED) is 0.860. The van der Waals surface area contributed by atoms with Gasteiger partial charge in [0.2, 0.25) is 0 Å². The summed E-state index contributed by atoms with van der Waals surface area (Å²) in [4.78, 5) is 23.8. The molecule has 0 bridgehead atoms. The van der Waals surface area contributed by atoms with Crippen LogP contribution in [-0.4, -0.2) is 29.7 Å². The van der Waals surface area contributed by atoms with Crippen LogP contribution in [0.1, 0.15) is 54.4 Å². The van der Waals surface area contributed by atoms with Crippen molar-refractivity contribution in [2.75, 3.05) is 6.61 Å². The molecule has 0 aromatic carbocycles. The maximum Gasteiger partial charge on any atom is 0.344 e. The van der Waals surface area contributed by atoms with E-state index < -0.39 is 5.97 Å². The normalized spacial score (nSPS) is 21.9. The minimum absolute atomic E-state index is 0.184. The lowest BCUT2D eigenvalue weighted by atomic mass is 9.86. The number of ether oxygens (including phenoxy) is 1. The highest BCUT2D eigenvalue weighted by Crippen LogP contribution is 2.23. The third-order valence-electron chi connectivity index (χ3n) is 4.03. The largest absolute Gasteiger partial charge is 0.452 e. The molecule has 1 amide bonds. The second-order valence-corrected chi connectivity index (χ2v) is 5.71. The Balaban J connectivity index is 1.82. The van der Waals surface area contributed by atoms with Gasteiger partial charge < -0.3 is 14.6 Å². The molecule has 1 fully saturated rings. The lowest BCUT2D eigenvalue weighted by molar-refractivity contribution is -0.125. The lowest BCUT2D eigenvalue weighted by Gasteiger charge is -2.29. The Bertz CT molecular complexity index is 504. The number of hydrogen-bond donors (Lipinski definition) is 1. The summed E-state index contributed by atoms with van der Waals surface area (Å²) in [6, 6.07) is 0.184. The average molecular weight is 294 g/mol. The van der Waals surface area contributed by atoms with E-state index in [1.807, 2.05) is 0 Å². The summed E-state index contributed by atoms with van der Waals surface area (Å²) in [5.41, 5.74) is 0.771. The first-order chi connectivity index (χ1) is 9.99. The Kier molecular flexibility index (Phi) is 4.98. The van der Waals surface area contributed by atoms with Gasteiger partial charge in [-0.05, 0) is 32.6 Å². The van der Waals surface area contributed by atoms with E-state index in [-0.39, 0.29) is 18.6 Å². The van der Waals surface area contributed by atoms with Crippen molar-refractivity contribution in [1.82, 2.24) is 10.5 Å². The Morgan fingerprint density at radius 1 is 1.33 bits per heavy atom. The number of aromatic nitrogens is 1. The topological polar surface area (TPSA) is 81.4 Å². The van der Waals surface area contributed by atoms with Gasteiger partial charge in [0.25, 0.3) is 5.91 Å². The number of carbonyl (C=O) groups excluding carboxylic acids is 2. The highest BCUT2D eigenvalue weighted by molar-refractivity contribution is 5.93. The van der Waals surface area contributed by atoms with Crippen molar-refractivity contribution in [2.45, 2.75) is 52.5 Å². The van der Waals surface area contributed by atoms with Gasteiger partial charge in [0.05, 0.1) is 5.69 Å². The van der Waals surface area contributed by atoms with Crippen LogP contribution in [0.4, 0.5) is 0 Å². The number of amides is 1. The molecule has 2 rings (SSSR count). The van der Waals surface area contributed by atoms with Gasteiger partial charge in [0.15, 0.2) is 6.61 Å². The fourth-order valence-electron chi connectivity index (χ4n) is 2.76. The van der Waals surface area contributed by atoms with Gasteiger partial charge in [0, 0.05) is 6.04 Å². The smallest absolute Gasteiger partial charge is 0.344 e. The van der Waals surface area contributed by atoms with E-state index in [1.165, 1.54) is 6.42 Å². The number of esters is 1. The molecule has 116 valence electrons. The summed E-state index contributed by atoms with van der Waals surface area (Å²) in [5.74, 6) is 0.0479. The molecule has 1 aromatic rings. The van der Waals surface area contributed by atoms with Crippen LogP contribution in [0.25, 0.3) is 0 Å². The van der Waals surface area contributed by atoms with Gasteiger partial charge in [-0.3, -0.25) is 4.79 Å². The van der Waals surface area contributed by atoms with E-state index >= 15 is 0 Å². The second kappa shape index (κ2) is 6.74. The van der Waals surface area contributed by atoms with Gasteiger partial charge >= 0.3 is 5.97 Å². The molecule has 0 unspecified atom stereocenters. The molecule has 1 saturated carbocycles. The monoisotopic (exact) mass is 294 g/mol. The van der Waals surface area contributed by atoms with E-state index in [9.17, 15) is 9.59 Å². The van der Waals surface area contributed by atoms with Crippen LogP contribution in [0.3, 0.4) is 0 Å². The molecular formula is C15H22N2O4. The molecule has 6 nitrogen and oxygen atoms in total. The highest BCUT2D eigenvalue weighted by atomic mass is 16.5. The van der Waals surface area contributed by atoms with Crippen LogP contribution >= 0.6 is 0 Å². The van der Waals surface area contributed by atoms with Crippen molar-refractivity contribution >= 4 is 11.9 Å². The summed E-state index contributed by atoms with van der Waals surface area (Å²) in [6.07, 6.45) is 4.47. The number of aryl methyl sites for hydroxylation is 2. The first-order valence-corrected chi connectivity index (χ1v) is 7.38. The maximum atomic E-state index is 11.9. The van der Waals surface area contributed by atoms with E-state index in [0.29, 0.717) is 22.9 Å². The van der Waals surface area contributed by atoms with Gasteiger partial charge in [-0.15, -0.1) is 0 Å². The summed E-state index contributed by atoms with van der Waals surface area (Å²) < 4.78 is 9.94. The van der Waals surface area contributed by atoms with Crippen molar-refractivity contribution in [1.29, 1.82) is 0 Å².